The lowest BCUT2D eigenvalue weighted by Gasteiger charge is -2.21. The van der Waals surface area contributed by atoms with Crippen molar-refractivity contribution < 1.29 is 0 Å². The van der Waals surface area contributed by atoms with Crippen molar-refractivity contribution in [1.82, 2.24) is 0 Å². The summed E-state index contributed by atoms with van der Waals surface area (Å²) in [4.78, 5) is -0.455. The molecule has 13 heavy (non-hydrogen) atoms. The van der Waals surface area contributed by atoms with E-state index in [9.17, 15) is 0 Å². The molecule has 0 saturated carbocycles. The maximum atomic E-state index is 6.38. The molecule has 0 bridgehead atoms. The van der Waals surface area contributed by atoms with Crippen molar-refractivity contribution in [2.75, 3.05) is 0 Å². The number of hydrogen-bond donors (Lipinski definition) is 0. The van der Waals surface area contributed by atoms with Gasteiger partial charge in [0.25, 0.3) is 0 Å². The molecule has 0 heterocycles. The molecule has 0 aromatic heterocycles. The van der Waals surface area contributed by atoms with Crippen LogP contribution in [0.15, 0.2) is 41.9 Å². The molecule has 1 rings (SSSR count). The van der Waals surface area contributed by atoms with Crippen LogP contribution < -0.4 is 0 Å². The van der Waals surface area contributed by atoms with Crippen LogP contribution in [0.25, 0.3) is 0 Å². The van der Waals surface area contributed by atoms with Gasteiger partial charge in [-0.3, -0.25) is 0 Å². The van der Waals surface area contributed by atoms with Gasteiger partial charge in [-0.05, 0) is 18.1 Å². The molecule has 70 valence electrons. The maximum Gasteiger partial charge on any atom is 0.0883 e. The van der Waals surface area contributed by atoms with Crippen molar-refractivity contribution in [3.63, 3.8) is 0 Å². The molecule has 0 N–H and O–H groups in total. The van der Waals surface area contributed by atoms with Gasteiger partial charge >= 0.3 is 0 Å². The minimum atomic E-state index is -0.455. The molecule has 0 aliphatic carbocycles. The van der Waals surface area contributed by atoms with E-state index in [-0.39, 0.29) is 0 Å². The summed E-state index contributed by atoms with van der Waals surface area (Å²) in [6.45, 7) is 2.04. The Bertz CT molecular complexity index is 279. The van der Waals surface area contributed by atoms with Crippen LogP contribution in [0.2, 0.25) is 0 Å². The second-order valence-corrected chi connectivity index (χ2v) is 3.80. The number of allylic oxidation sites excluding steroid dienone is 1. The molecule has 0 saturated heterocycles. The highest BCUT2D eigenvalue weighted by atomic mass is 35.5. The van der Waals surface area contributed by atoms with Gasteiger partial charge in [0.05, 0.1) is 4.87 Å². The van der Waals surface area contributed by atoms with Gasteiger partial charge in [-0.25, -0.2) is 0 Å². The van der Waals surface area contributed by atoms with Gasteiger partial charge in [-0.15, -0.1) is 11.6 Å². The first-order chi connectivity index (χ1) is 6.23. The third kappa shape index (κ3) is 2.49. The van der Waals surface area contributed by atoms with Crippen LogP contribution in [0.5, 0.6) is 0 Å². The van der Waals surface area contributed by atoms with Crippen LogP contribution in [0.4, 0.5) is 0 Å². The quantitative estimate of drug-likeness (QED) is 0.660. The number of halogens is 2. The summed E-state index contributed by atoms with van der Waals surface area (Å²) in [5, 5.41) is 0. The summed E-state index contributed by atoms with van der Waals surface area (Å²) in [5.74, 6) is 0. The maximum absolute atomic E-state index is 6.38. The molecule has 1 unspecified atom stereocenters. The van der Waals surface area contributed by atoms with E-state index in [1.54, 1.807) is 0 Å². The van der Waals surface area contributed by atoms with Gasteiger partial charge < -0.3 is 0 Å². The summed E-state index contributed by atoms with van der Waals surface area (Å²) in [6.07, 6.45) is 2.63. The standard InChI is InChI=1S/C11H12Cl2/c1-2-11(13,8-9-12)10-6-4-3-5-7-10/h3-9H,2H2,1H3/b9-8+. The zero-order valence-electron chi connectivity index (χ0n) is 7.50. The van der Waals surface area contributed by atoms with Crippen molar-refractivity contribution in [3.05, 3.63) is 47.5 Å². The van der Waals surface area contributed by atoms with E-state index in [0.717, 1.165) is 12.0 Å². The summed E-state index contributed by atoms with van der Waals surface area (Å²) in [5.41, 5.74) is 2.56. The fourth-order valence-corrected chi connectivity index (χ4v) is 1.70. The van der Waals surface area contributed by atoms with Crippen LogP contribution in [0, 0.1) is 0 Å². The van der Waals surface area contributed by atoms with Crippen LogP contribution in [-0.4, -0.2) is 0 Å². The van der Waals surface area contributed by atoms with Crippen molar-refractivity contribution in [2.45, 2.75) is 18.2 Å². The Hall–Kier alpha value is -0.460. The second-order valence-electron chi connectivity index (χ2n) is 2.87. The average molecular weight is 215 g/mol. The van der Waals surface area contributed by atoms with E-state index >= 15 is 0 Å². The highest BCUT2D eigenvalue weighted by Gasteiger charge is 2.23. The zero-order valence-corrected chi connectivity index (χ0v) is 9.02. The van der Waals surface area contributed by atoms with Crippen molar-refractivity contribution in [3.8, 4) is 0 Å². The molecule has 0 fully saturated rings. The molecule has 0 radical (unpaired) electrons. The van der Waals surface area contributed by atoms with Crippen LogP contribution in [0.3, 0.4) is 0 Å². The minimum absolute atomic E-state index is 0.455. The highest BCUT2D eigenvalue weighted by molar-refractivity contribution is 6.28. The summed E-state index contributed by atoms with van der Waals surface area (Å²) >= 11 is 11.9. The molecule has 0 aliphatic rings. The summed E-state index contributed by atoms with van der Waals surface area (Å²) in [6, 6.07) is 9.94. The van der Waals surface area contributed by atoms with Crippen LogP contribution in [-0.2, 0) is 4.87 Å². The Labute approximate surface area is 89.2 Å². The lowest BCUT2D eigenvalue weighted by Crippen LogP contribution is -2.13. The molecule has 0 spiro atoms. The average Bonchev–Trinajstić information content (AvgIpc) is 2.19. The van der Waals surface area contributed by atoms with Crippen molar-refractivity contribution in [2.24, 2.45) is 0 Å². The minimum Gasteiger partial charge on any atom is -0.109 e. The monoisotopic (exact) mass is 214 g/mol. The van der Waals surface area contributed by atoms with Gasteiger partial charge in [0, 0.05) is 5.54 Å². The van der Waals surface area contributed by atoms with Crippen molar-refractivity contribution in [1.29, 1.82) is 0 Å². The third-order valence-electron chi connectivity index (χ3n) is 2.10. The van der Waals surface area contributed by atoms with E-state index in [0.29, 0.717) is 0 Å². The molecular weight excluding hydrogens is 203 g/mol. The Balaban J connectivity index is 3.03. The highest BCUT2D eigenvalue weighted by Crippen LogP contribution is 2.34. The Morgan fingerprint density at radius 1 is 1.31 bits per heavy atom. The topological polar surface area (TPSA) is 0 Å². The molecule has 1 atom stereocenters. The SMILES string of the molecule is CCC(Cl)(/C=C/Cl)c1ccccc1. The Morgan fingerprint density at radius 3 is 2.38 bits per heavy atom. The molecule has 0 nitrogen and oxygen atoms in total. The molecular formula is C11H12Cl2. The zero-order chi connectivity index (χ0) is 9.73. The van der Waals surface area contributed by atoms with Gasteiger partial charge in [0.2, 0.25) is 0 Å². The fraction of sp³-hybridized carbons (Fsp3) is 0.273. The van der Waals surface area contributed by atoms with Crippen LogP contribution in [0.1, 0.15) is 18.9 Å². The number of alkyl halides is 1. The largest absolute Gasteiger partial charge is 0.109 e. The molecule has 1 aromatic carbocycles. The van der Waals surface area contributed by atoms with E-state index in [1.165, 1.54) is 5.54 Å². The predicted molar refractivity (Wildman–Crippen MR) is 59.3 cm³/mol. The van der Waals surface area contributed by atoms with E-state index in [2.05, 4.69) is 0 Å². The second kappa shape index (κ2) is 4.69. The third-order valence-corrected chi connectivity index (χ3v) is 2.83. The molecule has 1 aromatic rings. The van der Waals surface area contributed by atoms with Gasteiger partial charge in [0.15, 0.2) is 0 Å². The van der Waals surface area contributed by atoms with E-state index in [1.807, 2.05) is 43.3 Å². The number of benzene rings is 1. The summed E-state index contributed by atoms with van der Waals surface area (Å²) in [7, 11) is 0. The van der Waals surface area contributed by atoms with Gasteiger partial charge in [0.1, 0.15) is 0 Å². The normalized spacial score (nSPS) is 15.9. The Kier molecular flexibility index (Phi) is 3.83. The molecule has 0 aliphatic heterocycles. The first-order valence-electron chi connectivity index (χ1n) is 4.25. The number of rotatable bonds is 3. The smallest absolute Gasteiger partial charge is 0.0883 e. The predicted octanol–water partition coefficient (Wildman–Crippen LogP) is 4.28. The van der Waals surface area contributed by atoms with E-state index < -0.39 is 4.87 Å². The first kappa shape index (κ1) is 10.6. The number of hydrogen-bond acceptors (Lipinski definition) is 0. The van der Waals surface area contributed by atoms with Gasteiger partial charge in [-0.2, -0.15) is 0 Å². The summed E-state index contributed by atoms with van der Waals surface area (Å²) < 4.78 is 0. The lowest BCUT2D eigenvalue weighted by molar-refractivity contribution is 0.724. The Morgan fingerprint density at radius 2 is 1.92 bits per heavy atom. The lowest BCUT2D eigenvalue weighted by atomic mass is 9.96. The first-order valence-corrected chi connectivity index (χ1v) is 5.06. The van der Waals surface area contributed by atoms with Gasteiger partial charge in [-0.1, -0.05) is 48.9 Å². The fourth-order valence-electron chi connectivity index (χ4n) is 1.23. The molecule has 0 amide bonds. The van der Waals surface area contributed by atoms with Crippen LogP contribution >= 0.6 is 23.2 Å². The van der Waals surface area contributed by atoms with Crippen molar-refractivity contribution >= 4 is 23.2 Å². The van der Waals surface area contributed by atoms with E-state index in [4.69, 9.17) is 23.2 Å². The molecule has 2 heteroatoms.